The number of nitrogens with one attached hydrogen (secondary N) is 1. The zero-order valence-corrected chi connectivity index (χ0v) is 13.0. The molecule has 0 bridgehead atoms. The molecule has 6 heteroatoms. The topological polar surface area (TPSA) is 59.8 Å². The number of allylic oxidation sites excluding steroid dienone is 2. The number of carbonyl (C=O) groups is 1. The van der Waals surface area contributed by atoms with Gasteiger partial charge in [0.15, 0.2) is 5.78 Å². The zero-order valence-electron chi connectivity index (χ0n) is 13.0. The average molecular weight is 312 g/mol. The number of nitrogens with zero attached hydrogens (tertiary/aromatic N) is 3. The predicted molar refractivity (Wildman–Crippen MR) is 83.4 cm³/mol. The van der Waals surface area contributed by atoms with Crippen LogP contribution in [0.2, 0.25) is 0 Å². The third-order valence-corrected chi connectivity index (χ3v) is 4.42. The van der Waals surface area contributed by atoms with Crippen LogP contribution in [0.1, 0.15) is 37.2 Å². The predicted octanol–water partition coefficient (Wildman–Crippen LogP) is 2.99. The van der Waals surface area contributed by atoms with E-state index in [4.69, 9.17) is 0 Å². The standard InChI is InChI=1S/C17H17FN4O/c1-9-7-13-15(14(23)8-9)16(11-3-5-12(18)6-4-11)22-17(20-13)19-10(2)21-22/h3-6,9,16H,7-8H2,1-2H3,(H,19,20,21)/t9-,16-/m0/s1. The lowest BCUT2D eigenvalue weighted by Gasteiger charge is -2.34. The quantitative estimate of drug-likeness (QED) is 0.879. The summed E-state index contributed by atoms with van der Waals surface area (Å²) in [6.45, 7) is 3.89. The van der Waals surface area contributed by atoms with Crippen molar-refractivity contribution in [1.82, 2.24) is 14.8 Å². The molecule has 0 fully saturated rings. The van der Waals surface area contributed by atoms with Crippen molar-refractivity contribution < 1.29 is 9.18 Å². The molecule has 4 rings (SSSR count). The molecule has 1 N–H and O–H groups in total. The molecule has 1 aromatic carbocycles. The lowest BCUT2D eigenvalue weighted by Crippen LogP contribution is -2.33. The molecule has 2 aliphatic rings. The summed E-state index contributed by atoms with van der Waals surface area (Å²) in [6, 6.07) is 5.90. The Bertz CT molecular complexity index is 822. The summed E-state index contributed by atoms with van der Waals surface area (Å²) in [5.41, 5.74) is 2.49. The van der Waals surface area contributed by atoms with Gasteiger partial charge in [0.1, 0.15) is 17.7 Å². The fourth-order valence-corrected chi connectivity index (χ4v) is 3.47. The molecular weight excluding hydrogens is 295 g/mol. The van der Waals surface area contributed by atoms with E-state index in [1.165, 1.54) is 12.1 Å². The number of ketones is 1. The van der Waals surface area contributed by atoms with Crippen LogP contribution in [0.25, 0.3) is 0 Å². The molecule has 0 saturated carbocycles. The van der Waals surface area contributed by atoms with Gasteiger partial charge in [-0.25, -0.2) is 9.07 Å². The van der Waals surface area contributed by atoms with Crippen molar-refractivity contribution >= 4 is 11.7 Å². The summed E-state index contributed by atoms with van der Waals surface area (Å²) in [4.78, 5) is 17.1. The van der Waals surface area contributed by atoms with E-state index in [1.807, 2.05) is 6.92 Å². The highest BCUT2D eigenvalue weighted by Crippen LogP contribution is 2.41. The minimum Gasteiger partial charge on any atom is -0.328 e. The van der Waals surface area contributed by atoms with E-state index in [2.05, 4.69) is 22.3 Å². The van der Waals surface area contributed by atoms with Gasteiger partial charge in [-0.15, -0.1) is 0 Å². The Morgan fingerprint density at radius 3 is 2.74 bits per heavy atom. The smallest absolute Gasteiger partial charge is 0.226 e. The SMILES string of the molecule is Cc1nc2n(n1)[C@@H](c1ccc(F)cc1)C1=C(C[C@H](C)CC1=O)N2. The first-order valence-corrected chi connectivity index (χ1v) is 7.75. The number of benzene rings is 1. The van der Waals surface area contributed by atoms with Crippen molar-refractivity contribution in [2.75, 3.05) is 5.32 Å². The molecule has 0 saturated heterocycles. The number of aromatic nitrogens is 3. The summed E-state index contributed by atoms with van der Waals surface area (Å²) in [5.74, 6) is 1.41. The summed E-state index contributed by atoms with van der Waals surface area (Å²) in [5, 5.41) is 7.70. The van der Waals surface area contributed by atoms with Gasteiger partial charge in [-0.1, -0.05) is 19.1 Å². The number of rotatable bonds is 1. The first-order valence-electron chi connectivity index (χ1n) is 7.75. The largest absolute Gasteiger partial charge is 0.328 e. The normalized spacial score (nSPS) is 23.3. The van der Waals surface area contributed by atoms with Crippen molar-refractivity contribution in [3.05, 3.63) is 52.7 Å². The van der Waals surface area contributed by atoms with E-state index in [1.54, 1.807) is 16.8 Å². The molecule has 0 amide bonds. The van der Waals surface area contributed by atoms with Crippen LogP contribution in [0.5, 0.6) is 0 Å². The first-order chi connectivity index (χ1) is 11.0. The van der Waals surface area contributed by atoms with Gasteiger partial charge >= 0.3 is 0 Å². The molecule has 2 atom stereocenters. The van der Waals surface area contributed by atoms with Crippen molar-refractivity contribution in [2.45, 2.75) is 32.7 Å². The van der Waals surface area contributed by atoms with Crippen molar-refractivity contribution in [2.24, 2.45) is 5.92 Å². The maximum Gasteiger partial charge on any atom is 0.226 e. The maximum atomic E-state index is 13.3. The Hall–Kier alpha value is -2.50. The monoisotopic (exact) mass is 312 g/mol. The second-order valence-electron chi connectivity index (χ2n) is 6.34. The van der Waals surface area contributed by atoms with Crippen molar-refractivity contribution in [1.29, 1.82) is 0 Å². The van der Waals surface area contributed by atoms with Crippen LogP contribution in [0.3, 0.4) is 0 Å². The van der Waals surface area contributed by atoms with Gasteiger partial charge < -0.3 is 5.32 Å². The zero-order chi connectivity index (χ0) is 16.1. The molecule has 1 aliphatic carbocycles. The van der Waals surface area contributed by atoms with E-state index in [-0.39, 0.29) is 17.6 Å². The fraction of sp³-hybridized carbons (Fsp3) is 0.353. The van der Waals surface area contributed by atoms with E-state index < -0.39 is 0 Å². The second kappa shape index (κ2) is 5.01. The van der Waals surface area contributed by atoms with Crippen molar-refractivity contribution in [3.8, 4) is 0 Å². The molecule has 1 aromatic heterocycles. The van der Waals surface area contributed by atoms with Crippen LogP contribution in [0, 0.1) is 18.7 Å². The Morgan fingerprint density at radius 1 is 1.26 bits per heavy atom. The lowest BCUT2D eigenvalue weighted by molar-refractivity contribution is -0.117. The Kier molecular flexibility index (Phi) is 3.07. The highest BCUT2D eigenvalue weighted by molar-refractivity contribution is 5.99. The van der Waals surface area contributed by atoms with E-state index in [0.717, 1.165) is 23.3 Å². The third-order valence-electron chi connectivity index (χ3n) is 4.42. The number of carbonyl (C=O) groups excluding carboxylic acids is 1. The van der Waals surface area contributed by atoms with E-state index in [0.29, 0.717) is 24.1 Å². The number of halogens is 1. The van der Waals surface area contributed by atoms with Gasteiger partial charge in [-0.2, -0.15) is 10.1 Å². The minimum atomic E-state index is -0.344. The van der Waals surface area contributed by atoms with Crippen LogP contribution in [-0.4, -0.2) is 20.5 Å². The molecule has 1 aliphatic heterocycles. The van der Waals surface area contributed by atoms with Gasteiger partial charge in [-0.05, 0) is 37.0 Å². The first kappa shape index (κ1) is 14.1. The Labute approximate surface area is 133 Å². The molecule has 0 radical (unpaired) electrons. The summed E-state index contributed by atoms with van der Waals surface area (Å²) in [6.07, 6.45) is 1.34. The van der Waals surface area contributed by atoms with Crippen LogP contribution >= 0.6 is 0 Å². The molecule has 0 spiro atoms. The third kappa shape index (κ3) is 2.25. The van der Waals surface area contributed by atoms with Crippen LogP contribution in [0.4, 0.5) is 10.3 Å². The molecule has 23 heavy (non-hydrogen) atoms. The molecule has 2 heterocycles. The van der Waals surface area contributed by atoms with E-state index in [9.17, 15) is 9.18 Å². The highest BCUT2D eigenvalue weighted by Gasteiger charge is 2.38. The van der Waals surface area contributed by atoms with Crippen LogP contribution < -0.4 is 5.32 Å². The Morgan fingerprint density at radius 2 is 2.00 bits per heavy atom. The van der Waals surface area contributed by atoms with Gasteiger partial charge in [0.05, 0.1) is 0 Å². The lowest BCUT2D eigenvalue weighted by atomic mass is 9.81. The minimum absolute atomic E-state index is 0.124. The molecule has 2 aromatic rings. The summed E-state index contributed by atoms with van der Waals surface area (Å²) >= 11 is 0. The van der Waals surface area contributed by atoms with Gasteiger partial charge in [0.2, 0.25) is 5.95 Å². The van der Waals surface area contributed by atoms with Gasteiger partial charge in [0, 0.05) is 17.7 Å². The Balaban J connectivity index is 1.91. The van der Waals surface area contributed by atoms with Gasteiger partial charge in [0.25, 0.3) is 0 Å². The van der Waals surface area contributed by atoms with Crippen LogP contribution in [-0.2, 0) is 4.79 Å². The summed E-state index contributed by atoms with van der Waals surface area (Å²) in [7, 11) is 0. The molecule has 0 unspecified atom stereocenters. The average Bonchev–Trinajstić information content (AvgIpc) is 2.85. The van der Waals surface area contributed by atoms with Gasteiger partial charge in [-0.3, -0.25) is 4.79 Å². The number of anilines is 1. The van der Waals surface area contributed by atoms with E-state index >= 15 is 0 Å². The number of aryl methyl sites for hydroxylation is 1. The molecule has 5 nitrogen and oxygen atoms in total. The second-order valence-corrected chi connectivity index (χ2v) is 6.34. The number of Topliss-reactive ketones (excluding diaryl/α,β-unsaturated/α-hetero) is 1. The molecular formula is C17H17FN4O. The maximum absolute atomic E-state index is 13.3. The number of fused-ring (bicyclic) bond motifs is 1. The number of hydrogen-bond donors (Lipinski definition) is 1. The molecule has 118 valence electrons. The van der Waals surface area contributed by atoms with Crippen molar-refractivity contribution in [3.63, 3.8) is 0 Å². The number of hydrogen-bond acceptors (Lipinski definition) is 4. The fourth-order valence-electron chi connectivity index (χ4n) is 3.47. The van der Waals surface area contributed by atoms with Crippen LogP contribution in [0.15, 0.2) is 35.5 Å². The highest BCUT2D eigenvalue weighted by atomic mass is 19.1. The summed E-state index contributed by atoms with van der Waals surface area (Å²) < 4.78 is 15.0.